The van der Waals surface area contributed by atoms with E-state index in [-0.39, 0.29) is 6.10 Å². The first kappa shape index (κ1) is 11.0. The highest BCUT2D eigenvalue weighted by molar-refractivity contribution is 4.91. The van der Waals surface area contributed by atoms with Crippen LogP contribution in [0, 0.1) is 0 Å². The maximum atomic E-state index is 9.80. The van der Waals surface area contributed by atoms with Gasteiger partial charge in [-0.05, 0) is 58.0 Å². The highest BCUT2D eigenvalue weighted by Crippen LogP contribution is 2.29. The van der Waals surface area contributed by atoms with E-state index in [9.17, 15) is 5.11 Å². The van der Waals surface area contributed by atoms with Crippen LogP contribution in [0.1, 0.15) is 44.9 Å². The zero-order valence-corrected chi connectivity index (χ0v) is 10.1. The van der Waals surface area contributed by atoms with Gasteiger partial charge in [0.25, 0.3) is 0 Å². The summed E-state index contributed by atoms with van der Waals surface area (Å²) in [5.41, 5.74) is 0. The molecule has 3 fully saturated rings. The molecule has 1 heterocycles. The molecule has 1 aliphatic heterocycles. The number of likely N-dealkylation sites (tertiary alicyclic amines) is 1. The minimum Gasteiger partial charge on any atom is -0.392 e. The van der Waals surface area contributed by atoms with Crippen molar-refractivity contribution in [3.8, 4) is 0 Å². The van der Waals surface area contributed by atoms with Crippen molar-refractivity contribution in [1.29, 1.82) is 0 Å². The fraction of sp³-hybridized carbons (Fsp3) is 1.00. The van der Waals surface area contributed by atoms with Gasteiger partial charge in [0.2, 0.25) is 0 Å². The Labute approximate surface area is 98.2 Å². The molecule has 0 aromatic carbocycles. The summed E-state index contributed by atoms with van der Waals surface area (Å²) in [4.78, 5) is 2.66. The summed E-state index contributed by atoms with van der Waals surface area (Å²) in [7, 11) is 0. The third kappa shape index (κ3) is 2.41. The Balaban J connectivity index is 1.43. The Morgan fingerprint density at radius 1 is 0.938 bits per heavy atom. The molecule has 2 N–H and O–H groups in total. The van der Waals surface area contributed by atoms with Crippen molar-refractivity contribution in [3.05, 3.63) is 0 Å². The minimum absolute atomic E-state index is 0.0820. The van der Waals surface area contributed by atoms with Crippen molar-refractivity contribution in [3.63, 3.8) is 0 Å². The summed E-state index contributed by atoms with van der Waals surface area (Å²) in [6.45, 7) is 2.54. The van der Waals surface area contributed by atoms with Gasteiger partial charge in [-0.2, -0.15) is 0 Å². The van der Waals surface area contributed by atoms with Gasteiger partial charge >= 0.3 is 0 Å². The zero-order valence-electron chi connectivity index (χ0n) is 10.1. The van der Waals surface area contributed by atoms with Crippen molar-refractivity contribution in [1.82, 2.24) is 10.2 Å². The van der Waals surface area contributed by atoms with Crippen molar-refractivity contribution >= 4 is 0 Å². The highest BCUT2D eigenvalue weighted by atomic mass is 16.3. The quantitative estimate of drug-likeness (QED) is 0.754. The molecule has 0 spiro atoms. The Morgan fingerprint density at radius 2 is 1.69 bits per heavy atom. The smallest absolute Gasteiger partial charge is 0.0693 e. The summed E-state index contributed by atoms with van der Waals surface area (Å²) in [5, 5.41) is 13.5. The van der Waals surface area contributed by atoms with Crippen LogP contribution < -0.4 is 5.32 Å². The first-order chi connectivity index (χ1) is 7.83. The molecule has 16 heavy (non-hydrogen) atoms. The van der Waals surface area contributed by atoms with Crippen LogP contribution in [-0.2, 0) is 0 Å². The second-order valence-corrected chi connectivity index (χ2v) is 5.81. The van der Waals surface area contributed by atoms with Crippen LogP contribution in [0.3, 0.4) is 0 Å². The molecule has 0 aromatic heterocycles. The van der Waals surface area contributed by atoms with E-state index in [1.54, 1.807) is 0 Å². The number of nitrogens with zero attached hydrogens (tertiary/aromatic N) is 1. The Hall–Kier alpha value is -0.120. The molecule has 2 aliphatic carbocycles. The van der Waals surface area contributed by atoms with Crippen LogP contribution >= 0.6 is 0 Å². The average molecular weight is 224 g/mol. The summed E-state index contributed by atoms with van der Waals surface area (Å²) in [5.74, 6) is 0. The molecule has 0 aromatic rings. The fourth-order valence-electron chi connectivity index (χ4n) is 3.31. The SMILES string of the molecule is O[C@@H]1CCC[C@H]1NC1CCN(C2CC2)CC1. The van der Waals surface area contributed by atoms with Gasteiger partial charge in [0.15, 0.2) is 0 Å². The van der Waals surface area contributed by atoms with E-state index in [2.05, 4.69) is 10.2 Å². The van der Waals surface area contributed by atoms with Gasteiger partial charge in [-0.3, -0.25) is 0 Å². The Morgan fingerprint density at radius 3 is 2.25 bits per heavy atom. The number of piperidine rings is 1. The lowest BCUT2D eigenvalue weighted by Crippen LogP contribution is -2.48. The van der Waals surface area contributed by atoms with E-state index >= 15 is 0 Å². The summed E-state index contributed by atoms with van der Waals surface area (Å²) >= 11 is 0. The fourth-order valence-corrected chi connectivity index (χ4v) is 3.31. The molecule has 92 valence electrons. The molecular weight excluding hydrogens is 200 g/mol. The monoisotopic (exact) mass is 224 g/mol. The molecule has 0 amide bonds. The van der Waals surface area contributed by atoms with Crippen molar-refractivity contribution in [2.75, 3.05) is 13.1 Å². The van der Waals surface area contributed by atoms with Crippen LogP contribution in [-0.4, -0.2) is 47.3 Å². The lowest BCUT2D eigenvalue weighted by atomic mass is 10.0. The van der Waals surface area contributed by atoms with E-state index in [0.717, 1.165) is 12.5 Å². The molecule has 3 aliphatic rings. The number of nitrogens with one attached hydrogen (secondary N) is 1. The van der Waals surface area contributed by atoms with Gasteiger partial charge in [0.05, 0.1) is 6.10 Å². The minimum atomic E-state index is -0.0820. The predicted octanol–water partition coefficient (Wildman–Crippen LogP) is 1.12. The molecule has 0 bridgehead atoms. The van der Waals surface area contributed by atoms with Crippen molar-refractivity contribution in [2.24, 2.45) is 0 Å². The largest absolute Gasteiger partial charge is 0.392 e. The van der Waals surface area contributed by atoms with E-state index in [1.807, 2.05) is 0 Å². The van der Waals surface area contributed by atoms with Crippen LogP contribution in [0.5, 0.6) is 0 Å². The number of aliphatic hydroxyl groups excluding tert-OH is 1. The molecule has 3 nitrogen and oxygen atoms in total. The third-order valence-electron chi connectivity index (χ3n) is 4.52. The zero-order chi connectivity index (χ0) is 11.0. The molecule has 2 atom stereocenters. The molecule has 0 radical (unpaired) electrons. The molecule has 2 saturated carbocycles. The van der Waals surface area contributed by atoms with Crippen LogP contribution in [0.25, 0.3) is 0 Å². The van der Waals surface area contributed by atoms with Gasteiger partial charge < -0.3 is 15.3 Å². The van der Waals surface area contributed by atoms with Gasteiger partial charge in [-0.15, -0.1) is 0 Å². The lowest BCUT2D eigenvalue weighted by Gasteiger charge is -2.34. The molecule has 3 rings (SSSR count). The first-order valence-electron chi connectivity index (χ1n) is 7.01. The summed E-state index contributed by atoms with van der Waals surface area (Å²) < 4.78 is 0. The lowest BCUT2D eigenvalue weighted by molar-refractivity contribution is 0.125. The normalized spacial score (nSPS) is 38.1. The number of aliphatic hydroxyl groups is 1. The van der Waals surface area contributed by atoms with E-state index < -0.39 is 0 Å². The molecule has 3 heteroatoms. The van der Waals surface area contributed by atoms with Gasteiger partial charge in [-0.25, -0.2) is 0 Å². The first-order valence-corrected chi connectivity index (χ1v) is 7.01. The highest BCUT2D eigenvalue weighted by Gasteiger charge is 2.33. The second kappa shape index (κ2) is 4.63. The van der Waals surface area contributed by atoms with E-state index in [4.69, 9.17) is 0 Å². The van der Waals surface area contributed by atoms with Gasteiger partial charge in [0.1, 0.15) is 0 Å². The molecule has 1 saturated heterocycles. The standard InChI is InChI=1S/C13H24N2O/c16-13-3-1-2-12(13)14-10-6-8-15(9-7-10)11-4-5-11/h10-14,16H,1-9H2/t12-,13-/m1/s1. The van der Waals surface area contributed by atoms with Gasteiger partial charge in [0, 0.05) is 18.1 Å². The second-order valence-electron chi connectivity index (χ2n) is 5.81. The molecular formula is C13H24N2O. The molecule has 0 unspecified atom stereocenters. The maximum Gasteiger partial charge on any atom is 0.0693 e. The third-order valence-corrected chi connectivity index (χ3v) is 4.52. The van der Waals surface area contributed by atoms with Crippen LogP contribution in [0.15, 0.2) is 0 Å². The Bertz CT molecular complexity index is 234. The topological polar surface area (TPSA) is 35.5 Å². The summed E-state index contributed by atoms with van der Waals surface area (Å²) in [6, 6.07) is 1.98. The van der Waals surface area contributed by atoms with Crippen molar-refractivity contribution in [2.45, 2.75) is 69.2 Å². The number of hydrogen-bond donors (Lipinski definition) is 2. The van der Waals surface area contributed by atoms with E-state index in [0.29, 0.717) is 12.1 Å². The number of rotatable bonds is 3. The Kier molecular flexibility index (Phi) is 3.18. The van der Waals surface area contributed by atoms with Gasteiger partial charge in [-0.1, -0.05) is 0 Å². The van der Waals surface area contributed by atoms with Crippen LogP contribution in [0.2, 0.25) is 0 Å². The van der Waals surface area contributed by atoms with Crippen LogP contribution in [0.4, 0.5) is 0 Å². The van der Waals surface area contributed by atoms with E-state index in [1.165, 1.54) is 51.6 Å². The average Bonchev–Trinajstić information content (AvgIpc) is 3.07. The maximum absolute atomic E-state index is 9.80. The summed E-state index contributed by atoms with van der Waals surface area (Å²) in [6.07, 6.45) is 8.70. The predicted molar refractivity (Wildman–Crippen MR) is 64.4 cm³/mol. The number of hydrogen-bond acceptors (Lipinski definition) is 3. The van der Waals surface area contributed by atoms with Crippen molar-refractivity contribution < 1.29 is 5.11 Å².